The molecule has 0 fully saturated rings. The molecule has 0 radical (unpaired) electrons. The number of halogens is 1. The monoisotopic (exact) mass is 386 g/mol. The van der Waals surface area contributed by atoms with Gasteiger partial charge in [-0.3, -0.25) is 4.68 Å². The third-order valence-electron chi connectivity index (χ3n) is 5.12. The van der Waals surface area contributed by atoms with Crippen molar-refractivity contribution in [3.05, 3.63) is 100 Å². The first-order chi connectivity index (χ1) is 13.5. The van der Waals surface area contributed by atoms with Crippen LogP contribution in [0.25, 0.3) is 22.5 Å². The molecule has 1 aromatic heterocycles. The average molecular weight is 387 g/mol. The van der Waals surface area contributed by atoms with Gasteiger partial charge in [0.15, 0.2) is 0 Å². The van der Waals surface area contributed by atoms with E-state index in [1.54, 1.807) is 0 Å². The molecule has 3 heteroatoms. The molecule has 2 nitrogen and oxygen atoms in total. The zero-order valence-corrected chi connectivity index (χ0v) is 17.2. The van der Waals surface area contributed by atoms with Crippen molar-refractivity contribution in [3.8, 4) is 22.5 Å². The summed E-state index contributed by atoms with van der Waals surface area (Å²) in [7, 11) is 0. The Kier molecular flexibility index (Phi) is 5.06. The fraction of sp³-hybridized carbons (Fsp3) is 0.160. The average Bonchev–Trinajstić information content (AvgIpc) is 3.01. The third kappa shape index (κ3) is 3.61. The quantitative estimate of drug-likeness (QED) is 0.375. The predicted octanol–water partition coefficient (Wildman–Crippen LogP) is 6.84. The highest BCUT2D eigenvalue weighted by atomic mass is 35.5. The molecule has 0 bridgehead atoms. The van der Waals surface area contributed by atoms with Gasteiger partial charge in [0.1, 0.15) is 0 Å². The van der Waals surface area contributed by atoms with E-state index in [0.29, 0.717) is 6.54 Å². The highest BCUT2D eigenvalue weighted by Gasteiger charge is 2.18. The van der Waals surface area contributed by atoms with Crippen LogP contribution in [0.2, 0.25) is 5.02 Å². The minimum Gasteiger partial charge on any atom is -0.259 e. The van der Waals surface area contributed by atoms with Crippen LogP contribution in [0.1, 0.15) is 22.3 Å². The molecule has 0 saturated carbocycles. The minimum absolute atomic E-state index is 0.635. The molecule has 0 spiro atoms. The van der Waals surface area contributed by atoms with Crippen molar-refractivity contribution in [1.29, 1.82) is 0 Å². The minimum atomic E-state index is 0.635. The number of hydrogen-bond donors (Lipinski definition) is 0. The lowest BCUT2D eigenvalue weighted by Crippen LogP contribution is -2.05. The van der Waals surface area contributed by atoms with Gasteiger partial charge in [-0.05, 0) is 32.4 Å². The molecule has 140 valence electrons. The molecule has 0 unspecified atom stereocenters. The summed E-state index contributed by atoms with van der Waals surface area (Å²) < 4.78 is 2.08. The molecule has 0 N–H and O–H groups in total. The second-order valence-corrected chi connectivity index (χ2v) is 7.71. The lowest BCUT2D eigenvalue weighted by Gasteiger charge is -2.10. The fourth-order valence-electron chi connectivity index (χ4n) is 3.52. The zero-order valence-electron chi connectivity index (χ0n) is 16.4. The van der Waals surface area contributed by atoms with Crippen LogP contribution < -0.4 is 0 Å². The number of aromatic nitrogens is 2. The number of aryl methyl sites for hydroxylation is 2. The Hall–Kier alpha value is -2.84. The summed E-state index contributed by atoms with van der Waals surface area (Å²) >= 11 is 6.43. The van der Waals surface area contributed by atoms with E-state index >= 15 is 0 Å². The summed E-state index contributed by atoms with van der Waals surface area (Å²) in [5.41, 5.74) is 9.19. The lowest BCUT2D eigenvalue weighted by molar-refractivity contribution is 0.697. The Bertz CT molecular complexity index is 1110. The normalized spacial score (nSPS) is 11.0. The summed E-state index contributed by atoms with van der Waals surface area (Å²) in [6, 6.07) is 25.1. The predicted molar refractivity (Wildman–Crippen MR) is 118 cm³/mol. The van der Waals surface area contributed by atoms with Crippen LogP contribution in [0.5, 0.6) is 0 Å². The summed E-state index contributed by atoms with van der Waals surface area (Å²) in [5.74, 6) is 0. The molecule has 0 atom stereocenters. The van der Waals surface area contributed by atoms with E-state index in [1.807, 2.05) is 18.2 Å². The van der Waals surface area contributed by atoms with Crippen LogP contribution in [0.3, 0.4) is 0 Å². The lowest BCUT2D eigenvalue weighted by atomic mass is 10.0. The van der Waals surface area contributed by atoms with Crippen LogP contribution in [0.15, 0.2) is 72.8 Å². The highest BCUT2D eigenvalue weighted by molar-refractivity contribution is 6.31. The fourth-order valence-corrected chi connectivity index (χ4v) is 3.71. The Labute approximate surface area is 171 Å². The molecule has 0 aliphatic carbocycles. The van der Waals surface area contributed by atoms with Crippen LogP contribution in [-0.2, 0) is 6.54 Å². The van der Waals surface area contributed by atoms with Crippen LogP contribution in [0.4, 0.5) is 0 Å². The van der Waals surface area contributed by atoms with E-state index in [0.717, 1.165) is 27.5 Å². The van der Waals surface area contributed by atoms with E-state index < -0.39 is 0 Å². The van der Waals surface area contributed by atoms with Gasteiger partial charge >= 0.3 is 0 Å². The molecule has 0 aliphatic rings. The number of hydrogen-bond acceptors (Lipinski definition) is 1. The van der Waals surface area contributed by atoms with Gasteiger partial charge in [0, 0.05) is 21.7 Å². The number of benzene rings is 3. The van der Waals surface area contributed by atoms with Gasteiger partial charge in [0.25, 0.3) is 0 Å². The Balaban J connectivity index is 1.87. The van der Waals surface area contributed by atoms with E-state index in [2.05, 4.69) is 80.1 Å². The summed E-state index contributed by atoms with van der Waals surface area (Å²) in [4.78, 5) is 0. The van der Waals surface area contributed by atoms with E-state index in [1.165, 1.54) is 22.3 Å². The third-order valence-corrected chi connectivity index (χ3v) is 5.49. The van der Waals surface area contributed by atoms with E-state index in [9.17, 15) is 0 Å². The van der Waals surface area contributed by atoms with Crippen molar-refractivity contribution in [3.63, 3.8) is 0 Å². The topological polar surface area (TPSA) is 17.8 Å². The molecular formula is C25H23ClN2. The van der Waals surface area contributed by atoms with Crippen LogP contribution >= 0.6 is 11.6 Å². The summed E-state index contributed by atoms with van der Waals surface area (Å²) in [6.07, 6.45) is 0. The standard InChI is InChI=1S/C25H23ClN2/c1-17-8-12-20(13-9-17)24-19(3)25(21-14-10-18(2)11-15-21)28(27-24)16-22-6-4-5-7-23(22)26/h4-15H,16H2,1-3H3. The SMILES string of the molecule is Cc1ccc(-c2nn(Cc3ccccc3Cl)c(-c3ccc(C)cc3)c2C)cc1. The van der Waals surface area contributed by atoms with E-state index in [4.69, 9.17) is 16.7 Å². The smallest absolute Gasteiger partial charge is 0.0959 e. The first kappa shape index (κ1) is 18.5. The molecule has 0 amide bonds. The van der Waals surface area contributed by atoms with Gasteiger partial charge in [0.2, 0.25) is 0 Å². The first-order valence-electron chi connectivity index (χ1n) is 9.48. The van der Waals surface area contributed by atoms with Gasteiger partial charge < -0.3 is 0 Å². The van der Waals surface area contributed by atoms with Gasteiger partial charge in [0.05, 0.1) is 17.9 Å². The second-order valence-electron chi connectivity index (χ2n) is 7.30. The Morgan fingerprint density at radius 3 is 1.93 bits per heavy atom. The highest BCUT2D eigenvalue weighted by Crippen LogP contribution is 2.33. The molecule has 4 rings (SSSR count). The largest absolute Gasteiger partial charge is 0.259 e. The first-order valence-corrected chi connectivity index (χ1v) is 9.85. The van der Waals surface area contributed by atoms with Crippen molar-refractivity contribution in [2.24, 2.45) is 0 Å². The summed E-state index contributed by atoms with van der Waals surface area (Å²) in [6.45, 7) is 7.00. The Morgan fingerprint density at radius 2 is 1.32 bits per heavy atom. The molecule has 4 aromatic rings. The second kappa shape index (κ2) is 7.65. The maximum Gasteiger partial charge on any atom is 0.0959 e. The molecule has 1 heterocycles. The number of rotatable bonds is 4. The van der Waals surface area contributed by atoms with Gasteiger partial charge in [-0.2, -0.15) is 5.10 Å². The number of nitrogens with zero attached hydrogens (tertiary/aromatic N) is 2. The van der Waals surface area contributed by atoms with Crippen LogP contribution in [-0.4, -0.2) is 9.78 Å². The molecule has 0 saturated heterocycles. The van der Waals surface area contributed by atoms with Gasteiger partial charge in [-0.1, -0.05) is 89.5 Å². The molecular weight excluding hydrogens is 364 g/mol. The van der Waals surface area contributed by atoms with Gasteiger partial charge in [-0.25, -0.2) is 0 Å². The van der Waals surface area contributed by atoms with Crippen molar-refractivity contribution >= 4 is 11.6 Å². The summed E-state index contributed by atoms with van der Waals surface area (Å²) in [5, 5.41) is 5.77. The van der Waals surface area contributed by atoms with Crippen molar-refractivity contribution in [2.75, 3.05) is 0 Å². The molecule has 3 aromatic carbocycles. The van der Waals surface area contributed by atoms with Crippen LogP contribution in [0, 0.1) is 20.8 Å². The van der Waals surface area contributed by atoms with Crippen molar-refractivity contribution < 1.29 is 0 Å². The van der Waals surface area contributed by atoms with E-state index in [-0.39, 0.29) is 0 Å². The zero-order chi connectivity index (χ0) is 19.7. The van der Waals surface area contributed by atoms with Gasteiger partial charge in [-0.15, -0.1) is 0 Å². The van der Waals surface area contributed by atoms with Crippen molar-refractivity contribution in [1.82, 2.24) is 9.78 Å². The van der Waals surface area contributed by atoms with Crippen molar-refractivity contribution in [2.45, 2.75) is 27.3 Å². The maximum absolute atomic E-state index is 6.43. The maximum atomic E-state index is 6.43. The molecule has 28 heavy (non-hydrogen) atoms. The Morgan fingerprint density at radius 1 is 0.750 bits per heavy atom. The molecule has 0 aliphatic heterocycles.